The lowest BCUT2D eigenvalue weighted by Crippen LogP contribution is -2.30. The van der Waals surface area contributed by atoms with Gasteiger partial charge in [0.15, 0.2) is 11.5 Å². The number of methoxy groups -OCH3 is 1. The molecule has 0 bridgehead atoms. The topological polar surface area (TPSA) is 93.9 Å². The van der Waals surface area contributed by atoms with Gasteiger partial charge >= 0.3 is 6.61 Å². The zero-order chi connectivity index (χ0) is 21.6. The average molecular weight is 409 g/mol. The van der Waals surface area contributed by atoms with Crippen LogP contribution in [0.2, 0.25) is 0 Å². The number of anilines is 1. The monoisotopic (exact) mass is 409 g/mol. The number of ether oxygens (including phenoxy) is 2. The van der Waals surface area contributed by atoms with Gasteiger partial charge in [0.25, 0.3) is 5.69 Å². The zero-order valence-electron chi connectivity index (χ0n) is 16.1. The number of hydrogen-bond donors (Lipinski definition) is 1. The smallest absolute Gasteiger partial charge is 0.387 e. The second kappa shape index (κ2) is 9.78. The molecule has 10 heteroatoms. The molecule has 0 heterocycles. The number of nitro groups is 1. The molecule has 0 unspecified atom stereocenters. The minimum atomic E-state index is -2.97. The Morgan fingerprint density at radius 3 is 2.62 bits per heavy atom. The number of likely N-dealkylation sites (N-methyl/N-ethyl adjacent to an activating group) is 1. The van der Waals surface area contributed by atoms with E-state index in [1.165, 1.54) is 25.3 Å². The van der Waals surface area contributed by atoms with Crippen LogP contribution in [0, 0.1) is 17.0 Å². The van der Waals surface area contributed by atoms with Crippen molar-refractivity contribution in [2.24, 2.45) is 0 Å². The summed E-state index contributed by atoms with van der Waals surface area (Å²) in [4.78, 5) is 24.6. The molecule has 1 N–H and O–H groups in total. The molecule has 0 fully saturated rings. The number of nitrogens with zero attached hydrogens (tertiary/aromatic N) is 2. The molecule has 0 saturated heterocycles. The molecule has 2 aromatic rings. The lowest BCUT2D eigenvalue weighted by atomic mass is 10.1. The molecule has 0 aliphatic rings. The molecule has 29 heavy (non-hydrogen) atoms. The fourth-order valence-electron chi connectivity index (χ4n) is 2.76. The van der Waals surface area contributed by atoms with Crippen LogP contribution in [-0.4, -0.2) is 43.0 Å². The lowest BCUT2D eigenvalue weighted by Gasteiger charge is -2.18. The van der Waals surface area contributed by atoms with Gasteiger partial charge in [0, 0.05) is 12.6 Å². The SMILES string of the molecule is COc1cc(CN(C)CC(=O)Nc2c(C)cccc2[N+](=O)[O-])ccc1OC(F)F. The number of halogens is 2. The number of alkyl halides is 2. The minimum absolute atomic E-state index is 0.0386. The van der Waals surface area contributed by atoms with Crippen molar-refractivity contribution in [2.75, 3.05) is 26.0 Å². The Kier molecular flexibility index (Phi) is 7.43. The number of nitro benzene ring substituents is 1. The van der Waals surface area contributed by atoms with E-state index in [0.29, 0.717) is 17.7 Å². The molecule has 0 saturated carbocycles. The first kappa shape index (κ1) is 22.0. The molecule has 8 nitrogen and oxygen atoms in total. The second-order valence-corrected chi connectivity index (χ2v) is 6.31. The van der Waals surface area contributed by atoms with Crippen molar-refractivity contribution in [1.82, 2.24) is 4.90 Å². The summed E-state index contributed by atoms with van der Waals surface area (Å²) >= 11 is 0. The fraction of sp³-hybridized carbons (Fsp3) is 0.316. The lowest BCUT2D eigenvalue weighted by molar-refractivity contribution is -0.384. The van der Waals surface area contributed by atoms with E-state index in [2.05, 4.69) is 10.1 Å². The van der Waals surface area contributed by atoms with Gasteiger partial charge in [-0.25, -0.2) is 0 Å². The standard InChI is InChI=1S/C19H21F2N3O5/c1-12-5-4-6-14(24(26)27)18(12)22-17(25)11-23(2)10-13-7-8-15(29-19(20)21)16(9-13)28-3/h4-9,19H,10-11H2,1-3H3,(H,22,25). The highest BCUT2D eigenvalue weighted by molar-refractivity contribution is 5.95. The summed E-state index contributed by atoms with van der Waals surface area (Å²) in [6, 6.07) is 9.03. The van der Waals surface area contributed by atoms with E-state index in [0.717, 1.165) is 0 Å². The number of aryl methyl sites for hydroxylation is 1. The summed E-state index contributed by atoms with van der Waals surface area (Å²) in [5.41, 5.74) is 1.27. The van der Waals surface area contributed by atoms with E-state index in [4.69, 9.17) is 4.74 Å². The maximum atomic E-state index is 12.4. The van der Waals surface area contributed by atoms with Crippen molar-refractivity contribution < 1.29 is 28.0 Å². The first-order valence-corrected chi connectivity index (χ1v) is 8.55. The molecule has 2 aromatic carbocycles. The van der Waals surface area contributed by atoms with Crippen LogP contribution in [0.5, 0.6) is 11.5 Å². The maximum Gasteiger partial charge on any atom is 0.387 e. The van der Waals surface area contributed by atoms with Gasteiger partial charge in [-0.1, -0.05) is 18.2 Å². The van der Waals surface area contributed by atoms with Crippen molar-refractivity contribution in [3.05, 3.63) is 57.6 Å². The van der Waals surface area contributed by atoms with E-state index in [9.17, 15) is 23.7 Å². The molecule has 2 rings (SSSR count). The Morgan fingerprint density at radius 1 is 1.28 bits per heavy atom. The summed E-state index contributed by atoms with van der Waals surface area (Å²) in [6.45, 7) is -1.02. The second-order valence-electron chi connectivity index (χ2n) is 6.31. The molecule has 0 radical (unpaired) electrons. The highest BCUT2D eigenvalue weighted by Crippen LogP contribution is 2.30. The Bertz CT molecular complexity index is 892. The van der Waals surface area contributed by atoms with Crippen LogP contribution in [-0.2, 0) is 11.3 Å². The Balaban J connectivity index is 2.03. The van der Waals surface area contributed by atoms with Gasteiger partial charge in [0.2, 0.25) is 5.91 Å². The number of carbonyl (C=O) groups is 1. The molecular weight excluding hydrogens is 388 g/mol. The predicted molar refractivity (Wildman–Crippen MR) is 102 cm³/mol. The Labute approximate surface area is 166 Å². The highest BCUT2D eigenvalue weighted by Gasteiger charge is 2.19. The predicted octanol–water partition coefficient (Wildman–Crippen LogP) is 3.58. The van der Waals surface area contributed by atoms with Crippen LogP contribution >= 0.6 is 0 Å². The summed E-state index contributed by atoms with van der Waals surface area (Å²) in [6.07, 6.45) is 0. The van der Waals surface area contributed by atoms with Crippen molar-refractivity contribution >= 4 is 17.3 Å². The summed E-state index contributed by atoms with van der Waals surface area (Å²) < 4.78 is 34.2. The molecule has 0 aliphatic heterocycles. The number of carbonyl (C=O) groups excluding carboxylic acids is 1. The number of benzene rings is 2. The first-order chi connectivity index (χ1) is 13.7. The Morgan fingerprint density at radius 2 is 2.00 bits per heavy atom. The largest absolute Gasteiger partial charge is 0.493 e. The van der Waals surface area contributed by atoms with Crippen molar-refractivity contribution in [3.63, 3.8) is 0 Å². The highest BCUT2D eigenvalue weighted by atomic mass is 19.3. The van der Waals surface area contributed by atoms with Crippen LogP contribution < -0.4 is 14.8 Å². The summed E-state index contributed by atoms with van der Waals surface area (Å²) in [5.74, 6) is -0.357. The molecular formula is C19H21F2N3O5. The number of amides is 1. The number of rotatable bonds is 9. The number of hydrogen-bond acceptors (Lipinski definition) is 6. The van der Waals surface area contributed by atoms with Gasteiger partial charge in [-0.05, 0) is 37.2 Å². The van der Waals surface area contributed by atoms with Gasteiger partial charge in [-0.15, -0.1) is 0 Å². The average Bonchev–Trinajstić information content (AvgIpc) is 2.63. The minimum Gasteiger partial charge on any atom is -0.493 e. The van der Waals surface area contributed by atoms with Gasteiger partial charge in [0.1, 0.15) is 5.69 Å². The van der Waals surface area contributed by atoms with Gasteiger partial charge in [-0.2, -0.15) is 8.78 Å². The molecule has 156 valence electrons. The number of para-hydroxylation sites is 1. The van der Waals surface area contributed by atoms with Crippen LogP contribution in [0.15, 0.2) is 36.4 Å². The normalized spacial score (nSPS) is 10.9. The maximum absolute atomic E-state index is 12.4. The third-order valence-corrected chi connectivity index (χ3v) is 4.02. The molecule has 0 spiro atoms. The van der Waals surface area contributed by atoms with E-state index in [1.807, 2.05) is 0 Å². The van der Waals surface area contributed by atoms with Gasteiger partial charge < -0.3 is 14.8 Å². The van der Waals surface area contributed by atoms with Crippen molar-refractivity contribution in [2.45, 2.75) is 20.1 Å². The quantitative estimate of drug-likeness (QED) is 0.503. The third kappa shape index (κ3) is 6.11. The van der Waals surface area contributed by atoms with Crippen molar-refractivity contribution in [1.29, 1.82) is 0 Å². The van der Waals surface area contributed by atoms with Crippen molar-refractivity contribution in [3.8, 4) is 11.5 Å². The summed E-state index contributed by atoms with van der Waals surface area (Å²) in [5, 5.41) is 13.7. The van der Waals surface area contributed by atoms with E-state index in [1.54, 1.807) is 37.1 Å². The van der Waals surface area contributed by atoms with Gasteiger partial charge in [-0.3, -0.25) is 19.8 Å². The van der Waals surface area contributed by atoms with Gasteiger partial charge in [0.05, 0.1) is 18.6 Å². The molecule has 0 aliphatic carbocycles. The number of nitrogens with one attached hydrogen (secondary N) is 1. The van der Waals surface area contributed by atoms with E-state index in [-0.39, 0.29) is 29.4 Å². The van der Waals surface area contributed by atoms with Crippen LogP contribution in [0.3, 0.4) is 0 Å². The van der Waals surface area contributed by atoms with Crippen LogP contribution in [0.1, 0.15) is 11.1 Å². The van der Waals surface area contributed by atoms with E-state index >= 15 is 0 Å². The van der Waals surface area contributed by atoms with Crippen LogP contribution in [0.4, 0.5) is 20.2 Å². The zero-order valence-corrected chi connectivity index (χ0v) is 16.1. The van der Waals surface area contributed by atoms with E-state index < -0.39 is 17.4 Å². The molecule has 1 amide bonds. The summed E-state index contributed by atoms with van der Waals surface area (Å²) in [7, 11) is 3.02. The first-order valence-electron chi connectivity index (χ1n) is 8.55. The Hall–Kier alpha value is -3.27. The van der Waals surface area contributed by atoms with Crippen LogP contribution in [0.25, 0.3) is 0 Å². The fourth-order valence-corrected chi connectivity index (χ4v) is 2.76. The molecule has 0 aromatic heterocycles. The molecule has 0 atom stereocenters. The third-order valence-electron chi connectivity index (χ3n) is 4.02.